The second kappa shape index (κ2) is 6.20. The molecule has 122 valence electrons. The molecule has 0 aliphatic heterocycles. The topological polar surface area (TPSA) is 95.8 Å². The number of aryl methyl sites for hydroxylation is 2. The molecule has 2 aromatic heterocycles. The van der Waals surface area contributed by atoms with E-state index in [4.69, 9.17) is 6.57 Å². The third-order valence-electron chi connectivity index (χ3n) is 3.35. The lowest BCUT2D eigenvalue weighted by molar-refractivity contribution is 0.419. The predicted molar refractivity (Wildman–Crippen MR) is 86.6 cm³/mol. The van der Waals surface area contributed by atoms with Crippen molar-refractivity contribution >= 4 is 17.2 Å². The monoisotopic (exact) mass is 315 g/mol. The Morgan fingerprint density at radius 3 is 2.61 bits per heavy atom. The average molecular weight is 315 g/mol. The molecule has 8 nitrogen and oxygen atoms in total. The van der Waals surface area contributed by atoms with Gasteiger partial charge in [0.05, 0.1) is 18.0 Å². The fraction of sp³-hybridized carbons (Fsp3) is 0.533. The number of H-pyrrole nitrogens is 1. The van der Waals surface area contributed by atoms with Gasteiger partial charge in [-0.05, 0) is 6.42 Å². The van der Waals surface area contributed by atoms with Gasteiger partial charge in [0, 0.05) is 12.5 Å². The summed E-state index contributed by atoms with van der Waals surface area (Å²) in [5, 5.41) is 29.5. The minimum atomic E-state index is -0.295. The Bertz CT molecular complexity index is 771. The third kappa shape index (κ3) is 3.23. The maximum atomic E-state index is 10.1. The highest BCUT2D eigenvalue weighted by molar-refractivity contribution is 5.65. The largest absolute Gasteiger partial charge is 0.492 e. The summed E-state index contributed by atoms with van der Waals surface area (Å²) in [4.78, 5) is 3.48. The zero-order valence-corrected chi connectivity index (χ0v) is 14.0. The van der Waals surface area contributed by atoms with Gasteiger partial charge in [0.1, 0.15) is 0 Å². The summed E-state index contributed by atoms with van der Waals surface area (Å²) in [6.07, 6.45) is 1.59. The first-order valence-electron chi connectivity index (χ1n) is 7.42. The van der Waals surface area contributed by atoms with Crippen molar-refractivity contribution in [3.63, 3.8) is 0 Å². The maximum Gasteiger partial charge on any atom is 0.254 e. The highest BCUT2D eigenvalue weighted by Gasteiger charge is 2.26. The van der Waals surface area contributed by atoms with Gasteiger partial charge in [0.2, 0.25) is 5.88 Å². The van der Waals surface area contributed by atoms with Crippen LogP contribution in [0.5, 0.6) is 5.88 Å². The molecule has 0 aliphatic carbocycles. The van der Waals surface area contributed by atoms with Crippen molar-refractivity contribution in [2.24, 2.45) is 17.3 Å². The van der Waals surface area contributed by atoms with Gasteiger partial charge in [-0.3, -0.25) is 5.10 Å². The van der Waals surface area contributed by atoms with Gasteiger partial charge in [0.15, 0.2) is 11.5 Å². The summed E-state index contributed by atoms with van der Waals surface area (Å²) in [6, 6.07) is 0. The zero-order valence-electron chi connectivity index (χ0n) is 14.0. The maximum absolute atomic E-state index is 10.1. The van der Waals surface area contributed by atoms with Gasteiger partial charge >= 0.3 is 0 Å². The SMILES string of the molecule is [C-]#[N+]c1c(CCC)n[nH]c1/N=N/c1c(C(C)(C)C)nn(C)c1O. The molecule has 2 N–H and O–H groups in total. The van der Waals surface area contributed by atoms with E-state index >= 15 is 0 Å². The minimum Gasteiger partial charge on any atom is -0.492 e. The summed E-state index contributed by atoms with van der Waals surface area (Å²) in [6.45, 7) is 15.2. The molecule has 0 bridgehead atoms. The van der Waals surface area contributed by atoms with Crippen molar-refractivity contribution in [1.29, 1.82) is 0 Å². The number of aromatic amines is 1. The summed E-state index contributed by atoms with van der Waals surface area (Å²) >= 11 is 0. The second-order valence-corrected chi connectivity index (χ2v) is 6.32. The Kier molecular flexibility index (Phi) is 4.50. The molecular weight excluding hydrogens is 294 g/mol. The Labute approximate surface area is 135 Å². The fourth-order valence-electron chi connectivity index (χ4n) is 2.16. The van der Waals surface area contributed by atoms with Crippen LogP contribution < -0.4 is 0 Å². The van der Waals surface area contributed by atoms with Gasteiger partial charge in [-0.1, -0.05) is 34.1 Å². The van der Waals surface area contributed by atoms with Crippen LogP contribution in [0.15, 0.2) is 10.2 Å². The summed E-state index contributed by atoms with van der Waals surface area (Å²) in [5.74, 6) is 0.239. The van der Waals surface area contributed by atoms with Crippen molar-refractivity contribution < 1.29 is 5.11 Å². The molecule has 2 heterocycles. The Morgan fingerprint density at radius 2 is 2.04 bits per heavy atom. The first kappa shape index (κ1) is 16.7. The van der Waals surface area contributed by atoms with Crippen LogP contribution in [-0.2, 0) is 18.9 Å². The molecule has 0 aliphatic rings. The van der Waals surface area contributed by atoms with E-state index in [0.29, 0.717) is 35.0 Å². The number of aromatic hydroxyl groups is 1. The van der Waals surface area contributed by atoms with E-state index in [0.717, 1.165) is 6.42 Å². The third-order valence-corrected chi connectivity index (χ3v) is 3.35. The lowest BCUT2D eigenvalue weighted by atomic mass is 9.91. The number of nitrogens with zero attached hydrogens (tertiary/aromatic N) is 6. The molecule has 0 saturated carbocycles. The second-order valence-electron chi connectivity index (χ2n) is 6.32. The molecule has 0 spiro atoms. The van der Waals surface area contributed by atoms with Gasteiger partial charge in [-0.25, -0.2) is 9.53 Å². The van der Waals surface area contributed by atoms with Crippen molar-refractivity contribution in [3.8, 4) is 5.88 Å². The van der Waals surface area contributed by atoms with Gasteiger partial charge in [0.25, 0.3) is 5.69 Å². The van der Waals surface area contributed by atoms with Crippen LogP contribution in [0.1, 0.15) is 45.5 Å². The number of azo groups is 1. The highest BCUT2D eigenvalue weighted by atomic mass is 16.3. The molecule has 0 radical (unpaired) electrons. The van der Waals surface area contributed by atoms with E-state index in [9.17, 15) is 5.11 Å². The van der Waals surface area contributed by atoms with E-state index < -0.39 is 0 Å². The molecule has 0 atom stereocenters. The van der Waals surface area contributed by atoms with Gasteiger partial charge in [-0.15, -0.1) is 10.2 Å². The Hall–Kier alpha value is -2.69. The zero-order chi connectivity index (χ0) is 17.2. The number of hydrogen-bond donors (Lipinski definition) is 2. The van der Waals surface area contributed by atoms with Crippen molar-refractivity contribution in [2.75, 3.05) is 0 Å². The first-order valence-corrected chi connectivity index (χ1v) is 7.42. The molecule has 8 heteroatoms. The molecule has 23 heavy (non-hydrogen) atoms. The van der Waals surface area contributed by atoms with Crippen LogP contribution in [0.4, 0.5) is 17.2 Å². The molecule has 0 aromatic carbocycles. The fourth-order valence-corrected chi connectivity index (χ4v) is 2.16. The van der Waals surface area contributed by atoms with Crippen molar-refractivity contribution in [3.05, 3.63) is 22.8 Å². The Balaban J connectivity index is 2.44. The Morgan fingerprint density at radius 1 is 1.35 bits per heavy atom. The van der Waals surface area contributed by atoms with E-state index in [1.165, 1.54) is 4.68 Å². The van der Waals surface area contributed by atoms with E-state index in [2.05, 4.69) is 30.4 Å². The van der Waals surface area contributed by atoms with E-state index in [1.54, 1.807) is 7.05 Å². The van der Waals surface area contributed by atoms with Crippen LogP contribution in [0, 0.1) is 6.57 Å². The lowest BCUT2D eigenvalue weighted by Crippen LogP contribution is -2.12. The smallest absolute Gasteiger partial charge is 0.254 e. The number of aromatic nitrogens is 4. The highest BCUT2D eigenvalue weighted by Crippen LogP contribution is 2.39. The molecule has 0 saturated heterocycles. The predicted octanol–water partition coefficient (Wildman–Crippen LogP) is 4.06. The number of nitrogens with one attached hydrogen (secondary N) is 1. The first-order chi connectivity index (χ1) is 10.8. The summed E-state index contributed by atoms with van der Waals surface area (Å²) in [5.41, 5.74) is 1.71. The van der Waals surface area contributed by atoms with E-state index in [-0.39, 0.29) is 11.3 Å². The van der Waals surface area contributed by atoms with Gasteiger partial charge < -0.3 is 5.11 Å². The molecule has 0 unspecified atom stereocenters. The quantitative estimate of drug-likeness (QED) is 0.657. The minimum absolute atomic E-state index is 0.0589. The number of hydrogen-bond acceptors (Lipinski definition) is 5. The van der Waals surface area contributed by atoms with Crippen LogP contribution in [0.2, 0.25) is 0 Å². The summed E-state index contributed by atoms with van der Waals surface area (Å²) in [7, 11) is 1.64. The average Bonchev–Trinajstić information content (AvgIpc) is 2.99. The van der Waals surface area contributed by atoms with Crippen LogP contribution in [0.3, 0.4) is 0 Å². The molecule has 2 aromatic rings. The van der Waals surface area contributed by atoms with Crippen molar-refractivity contribution in [1.82, 2.24) is 20.0 Å². The molecule has 2 rings (SSSR count). The number of rotatable bonds is 4. The molecular formula is C15H21N7O. The molecule has 0 amide bonds. The normalized spacial score (nSPS) is 12.0. The molecule has 0 fully saturated rings. The van der Waals surface area contributed by atoms with Crippen LogP contribution in [-0.4, -0.2) is 25.1 Å². The van der Waals surface area contributed by atoms with Gasteiger partial charge in [-0.2, -0.15) is 10.2 Å². The van der Waals surface area contributed by atoms with Crippen molar-refractivity contribution in [2.45, 2.75) is 46.0 Å². The van der Waals surface area contributed by atoms with E-state index in [1.807, 2.05) is 27.7 Å². The summed E-state index contributed by atoms with van der Waals surface area (Å²) < 4.78 is 1.36. The van der Waals surface area contributed by atoms with Crippen LogP contribution in [0.25, 0.3) is 4.85 Å². The standard InChI is InChI=1S/C15H21N7O/c1-7-8-9-10(16-5)13(19-17-9)20-18-11-12(15(2,3)4)21-22(6)14(11)23/h23H,7-8H2,1-4,6H3,(H,17,19)/b20-18+. The lowest BCUT2D eigenvalue weighted by Gasteiger charge is -2.14. The van der Waals surface area contributed by atoms with Crippen LogP contribution >= 0.6 is 0 Å².